The summed E-state index contributed by atoms with van der Waals surface area (Å²) in [5.74, 6) is -0.133. The highest BCUT2D eigenvalue weighted by atomic mass is 31.2. The topological polar surface area (TPSA) is 195 Å². The second-order valence-corrected chi connectivity index (χ2v) is 6.48. The summed E-state index contributed by atoms with van der Waals surface area (Å²) in [5.41, 5.74) is 5.09. The van der Waals surface area contributed by atoms with E-state index in [4.69, 9.17) is 29.7 Å². The van der Waals surface area contributed by atoms with E-state index >= 15 is 0 Å². The van der Waals surface area contributed by atoms with Crippen LogP contribution in [0.1, 0.15) is 6.23 Å². The highest BCUT2D eigenvalue weighted by Gasteiger charge is 2.24. The second kappa shape index (κ2) is 8.01. The zero-order valence-corrected chi connectivity index (χ0v) is 14.0. The van der Waals surface area contributed by atoms with Crippen LogP contribution in [-0.4, -0.2) is 67.4 Å². The Morgan fingerprint density at radius 2 is 2.20 bits per heavy atom. The number of aromatic nitrogens is 4. The van der Waals surface area contributed by atoms with Crippen LogP contribution in [0, 0.1) is 0 Å². The fourth-order valence-corrected chi connectivity index (χ4v) is 2.33. The van der Waals surface area contributed by atoms with Crippen molar-refractivity contribution in [3.8, 4) is 0 Å². The van der Waals surface area contributed by atoms with Crippen LogP contribution >= 0.6 is 7.60 Å². The summed E-state index contributed by atoms with van der Waals surface area (Å²) in [7, 11) is -3.06. The van der Waals surface area contributed by atoms with Crippen molar-refractivity contribution in [2.24, 2.45) is 0 Å². The normalized spacial score (nSPS) is 14.7. The van der Waals surface area contributed by atoms with E-state index < -0.39 is 38.6 Å². The van der Waals surface area contributed by atoms with Crippen LogP contribution in [0.15, 0.2) is 11.1 Å². The third kappa shape index (κ3) is 5.06. The minimum Gasteiger partial charge on any atom is -0.391 e. The van der Waals surface area contributed by atoms with Gasteiger partial charge in [0.2, 0.25) is 5.95 Å². The lowest BCUT2D eigenvalue weighted by molar-refractivity contribution is -0.208. The number of aromatic amines is 1. The number of rotatable bonds is 9. The number of nitrogens with one attached hydrogen (secondary N) is 1. The third-order valence-electron chi connectivity index (χ3n) is 2.96. The van der Waals surface area contributed by atoms with E-state index in [2.05, 4.69) is 15.0 Å². The van der Waals surface area contributed by atoms with Gasteiger partial charge in [-0.3, -0.25) is 18.9 Å². The maximum absolute atomic E-state index is 11.8. The molecule has 0 radical (unpaired) electrons. The van der Waals surface area contributed by atoms with Crippen LogP contribution in [0.3, 0.4) is 0 Å². The molecule has 0 spiro atoms. The van der Waals surface area contributed by atoms with Crippen molar-refractivity contribution < 1.29 is 33.7 Å². The largest absolute Gasteiger partial charge is 0.391 e. The number of methoxy groups -OCH3 is 1. The Bertz CT molecular complexity index is 816. The maximum atomic E-state index is 11.8. The number of nitrogens with two attached hydrogens (primary N) is 1. The molecular weight excluding hydrogens is 361 g/mol. The Balaban J connectivity index is 2.28. The highest BCUT2D eigenvalue weighted by molar-refractivity contribution is 7.51. The molecule has 0 bridgehead atoms. The van der Waals surface area contributed by atoms with Gasteiger partial charge in [0.25, 0.3) is 5.56 Å². The lowest BCUT2D eigenvalue weighted by Crippen LogP contribution is -2.29. The van der Waals surface area contributed by atoms with Gasteiger partial charge in [0, 0.05) is 7.11 Å². The fourth-order valence-electron chi connectivity index (χ4n) is 1.97. The number of ether oxygens (including phenoxy) is 3. The number of hydrogen-bond donors (Lipinski definition) is 5. The van der Waals surface area contributed by atoms with Gasteiger partial charge in [-0.2, -0.15) is 4.98 Å². The summed E-state index contributed by atoms with van der Waals surface area (Å²) in [5, 5.41) is 9.28. The lowest BCUT2D eigenvalue weighted by Gasteiger charge is -2.24. The summed E-state index contributed by atoms with van der Waals surface area (Å²) in [6.45, 7) is -0.737. The van der Waals surface area contributed by atoms with Crippen LogP contribution in [0.5, 0.6) is 0 Å². The summed E-state index contributed by atoms with van der Waals surface area (Å²) < 4.78 is 27.5. The molecule has 0 amide bonds. The summed E-state index contributed by atoms with van der Waals surface area (Å²) in [4.78, 5) is 39.7. The molecule has 0 aliphatic rings. The van der Waals surface area contributed by atoms with Crippen LogP contribution in [0.25, 0.3) is 11.2 Å². The van der Waals surface area contributed by atoms with Crippen LogP contribution in [0.4, 0.5) is 5.95 Å². The standard InChI is InChI=1S/C11H18N5O8P/c1-22-3-6(24-7(2-17)23-5-25(19,20)21)16-4-13-8-9(16)14-11(12)15-10(8)18/h4,6-7,17H,2-3,5H2,1H3,(H2,19,20,21)(H3,12,14,15,18)/t6-,7+/m1/s1. The Kier molecular flexibility index (Phi) is 6.24. The number of nitrogens with zero attached hydrogens (tertiary/aromatic N) is 3. The van der Waals surface area contributed by atoms with Crippen LogP contribution in [-0.2, 0) is 18.8 Å². The van der Waals surface area contributed by atoms with Crippen molar-refractivity contribution >= 4 is 24.7 Å². The van der Waals surface area contributed by atoms with Gasteiger partial charge in [-0.15, -0.1) is 0 Å². The SMILES string of the molecule is COC[C@@H](O[C@@H](CO)OCP(=O)(O)O)n1cnc2c(=O)[nH]c(N)nc21. The van der Waals surface area contributed by atoms with Crippen molar-refractivity contribution in [3.63, 3.8) is 0 Å². The smallest absolute Gasteiger partial charge is 0.351 e. The van der Waals surface area contributed by atoms with Crippen LogP contribution < -0.4 is 11.3 Å². The van der Waals surface area contributed by atoms with E-state index in [9.17, 15) is 14.5 Å². The van der Waals surface area contributed by atoms with Crippen molar-refractivity contribution in [2.45, 2.75) is 12.5 Å². The number of aliphatic hydroxyl groups is 1. The molecular formula is C11H18N5O8P. The summed E-state index contributed by atoms with van der Waals surface area (Å²) in [6.07, 6.45) is -2.00. The number of hydrogen-bond acceptors (Lipinski definition) is 9. The van der Waals surface area contributed by atoms with E-state index in [1.54, 1.807) is 0 Å². The first-order valence-corrected chi connectivity index (χ1v) is 8.68. The molecule has 0 saturated carbocycles. The predicted molar refractivity (Wildman–Crippen MR) is 83.4 cm³/mol. The van der Waals surface area contributed by atoms with Crippen LogP contribution in [0.2, 0.25) is 0 Å². The van der Waals surface area contributed by atoms with E-state index in [1.165, 1.54) is 18.0 Å². The minimum absolute atomic E-state index is 0.00980. The predicted octanol–water partition coefficient (Wildman–Crippen LogP) is -1.67. The van der Waals surface area contributed by atoms with Gasteiger partial charge in [0.1, 0.15) is 0 Å². The van der Waals surface area contributed by atoms with Gasteiger partial charge < -0.3 is 34.8 Å². The summed E-state index contributed by atoms with van der Waals surface area (Å²) in [6, 6.07) is 0. The number of aliphatic hydroxyl groups excluding tert-OH is 1. The quantitative estimate of drug-likeness (QED) is 0.247. The Hall–Kier alpha value is -1.86. The number of H-pyrrole nitrogens is 1. The number of anilines is 1. The first kappa shape index (κ1) is 19.5. The summed E-state index contributed by atoms with van der Waals surface area (Å²) >= 11 is 0. The monoisotopic (exact) mass is 379 g/mol. The molecule has 6 N–H and O–H groups in total. The first-order chi connectivity index (χ1) is 11.7. The molecule has 140 valence electrons. The molecule has 2 aromatic heterocycles. The molecule has 2 rings (SSSR count). The van der Waals surface area contributed by atoms with Gasteiger partial charge in [-0.25, -0.2) is 4.98 Å². The van der Waals surface area contributed by atoms with E-state index in [-0.39, 0.29) is 23.7 Å². The molecule has 2 aromatic rings. The molecule has 13 nitrogen and oxygen atoms in total. The van der Waals surface area contributed by atoms with Gasteiger partial charge in [0.05, 0.1) is 19.5 Å². The van der Waals surface area contributed by atoms with Crippen molar-refractivity contribution in [3.05, 3.63) is 16.7 Å². The maximum Gasteiger partial charge on any atom is 0.351 e. The molecule has 0 aliphatic heterocycles. The average Bonchev–Trinajstić information content (AvgIpc) is 2.93. The molecule has 0 saturated heterocycles. The Labute approximate surface area is 140 Å². The van der Waals surface area contributed by atoms with Crippen molar-refractivity contribution in [1.29, 1.82) is 0 Å². The van der Waals surface area contributed by atoms with Crippen molar-refractivity contribution in [1.82, 2.24) is 19.5 Å². The van der Waals surface area contributed by atoms with Gasteiger partial charge >= 0.3 is 7.60 Å². The molecule has 25 heavy (non-hydrogen) atoms. The number of nitrogen functional groups attached to an aromatic ring is 1. The minimum atomic E-state index is -4.44. The average molecular weight is 379 g/mol. The second-order valence-electron chi connectivity index (χ2n) is 4.89. The zero-order valence-electron chi connectivity index (χ0n) is 13.1. The van der Waals surface area contributed by atoms with Crippen molar-refractivity contribution in [2.75, 3.05) is 32.4 Å². The lowest BCUT2D eigenvalue weighted by atomic mass is 10.5. The molecule has 0 unspecified atom stereocenters. The van der Waals surface area contributed by atoms with E-state index in [0.717, 1.165) is 0 Å². The molecule has 14 heteroatoms. The molecule has 0 aliphatic carbocycles. The van der Waals surface area contributed by atoms with Gasteiger partial charge in [0.15, 0.2) is 30.0 Å². The third-order valence-corrected chi connectivity index (χ3v) is 3.44. The van der Waals surface area contributed by atoms with Gasteiger partial charge in [-0.05, 0) is 0 Å². The van der Waals surface area contributed by atoms with E-state index in [1.807, 2.05) is 0 Å². The molecule has 0 fully saturated rings. The zero-order chi connectivity index (χ0) is 18.6. The Morgan fingerprint density at radius 3 is 2.80 bits per heavy atom. The Morgan fingerprint density at radius 1 is 1.48 bits per heavy atom. The molecule has 2 atom stereocenters. The molecule has 0 aromatic carbocycles. The number of fused-ring (bicyclic) bond motifs is 1. The number of imidazole rings is 1. The first-order valence-electron chi connectivity index (χ1n) is 6.89. The highest BCUT2D eigenvalue weighted by Crippen LogP contribution is 2.34. The molecule has 2 heterocycles. The van der Waals surface area contributed by atoms with E-state index in [0.29, 0.717) is 0 Å². The fraction of sp³-hybridized carbons (Fsp3) is 0.545. The van der Waals surface area contributed by atoms with Gasteiger partial charge in [-0.1, -0.05) is 0 Å².